The third kappa shape index (κ3) is 2.15. The monoisotopic (exact) mass is 378 g/mol. The molecule has 4 aliphatic rings. The van der Waals surface area contributed by atoms with Gasteiger partial charge in [-0.05, 0) is 61.5 Å². The fourth-order valence-electron chi connectivity index (χ4n) is 6.88. The van der Waals surface area contributed by atoms with Crippen molar-refractivity contribution in [2.75, 3.05) is 6.61 Å². The average Bonchev–Trinajstić information content (AvgIpc) is 2.86. The van der Waals surface area contributed by atoms with E-state index in [-0.39, 0.29) is 34.7 Å². The molecule has 142 valence electrons. The maximum atomic E-state index is 12.5. The fourth-order valence-corrected chi connectivity index (χ4v) is 7.27. The number of hydrogen-bond acceptors (Lipinski definition) is 4. The molecule has 3 fully saturated rings. The van der Waals surface area contributed by atoms with Gasteiger partial charge in [0.05, 0.1) is 6.10 Å². The van der Waals surface area contributed by atoms with Gasteiger partial charge >= 0.3 is 0 Å². The zero-order chi connectivity index (χ0) is 18.9. The summed E-state index contributed by atoms with van der Waals surface area (Å²) in [5, 5.41) is 20.6. The van der Waals surface area contributed by atoms with Crippen LogP contribution in [0.4, 0.5) is 0 Å². The highest BCUT2D eigenvalue weighted by molar-refractivity contribution is 6.36. The molecule has 7 atom stereocenters. The summed E-state index contributed by atoms with van der Waals surface area (Å²) in [6, 6.07) is 0. The van der Waals surface area contributed by atoms with E-state index in [9.17, 15) is 19.8 Å². The lowest BCUT2D eigenvalue weighted by atomic mass is 9.46. The number of carbonyl (C=O) groups excluding carboxylic acids is 2. The van der Waals surface area contributed by atoms with Crippen molar-refractivity contribution in [2.24, 2.45) is 28.6 Å². The van der Waals surface area contributed by atoms with Crippen LogP contribution in [0.2, 0.25) is 0 Å². The van der Waals surface area contributed by atoms with Gasteiger partial charge in [-0.1, -0.05) is 25.5 Å². The lowest BCUT2D eigenvalue weighted by Crippen LogP contribution is -2.60. The van der Waals surface area contributed by atoms with Gasteiger partial charge in [-0.15, -0.1) is 11.6 Å². The third-order valence-electron chi connectivity index (χ3n) is 8.18. The molecule has 0 aromatic rings. The third-order valence-corrected chi connectivity index (χ3v) is 9.01. The van der Waals surface area contributed by atoms with Crippen LogP contribution in [-0.2, 0) is 9.59 Å². The SMILES string of the molecule is C[C@]12C=CC(=O)C=C1CC[C@@H]1[C@@H]2[C@@H](O)C[C@@]2(C)[C@H]1CC[C@]2(Cl)C(=O)CO. The van der Waals surface area contributed by atoms with Gasteiger partial charge in [0.2, 0.25) is 0 Å². The molecule has 4 nitrogen and oxygen atoms in total. The first-order valence-corrected chi connectivity index (χ1v) is 10.0. The number of alkyl halides is 1. The van der Waals surface area contributed by atoms with Gasteiger partial charge in [-0.25, -0.2) is 0 Å². The summed E-state index contributed by atoms with van der Waals surface area (Å²) in [4.78, 5) is 23.2. The summed E-state index contributed by atoms with van der Waals surface area (Å²) in [6.07, 6.45) is 8.37. The van der Waals surface area contributed by atoms with E-state index in [0.717, 1.165) is 24.8 Å². The van der Waals surface area contributed by atoms with Crippen LogP contribution in [0.25, 0.3) is 0 Å². The van der Waals surface area contributed by atoms with Crippen LogP contribution in [0.1, 0.15) is 46.0 Å². The normalized spacial score (nSPS) is 49.9. The van der Waals surface area contributed by atoms with Crippen LogP contribution >= 0.6 is 11.6 Å². The van der Waals surface area contributed by atoms with Crippen LogP contribution in [0, 0.1) is 28.6 Å². The second-order valence-electron chi connectivity index (χ2n) is 9.13. The van der Waals surface area contributed by atoms with Crippen LogP contribution in [-0.4, -0.2) is 39.4 Å². The predicted molar refractivity (Wildman–Crippen MR) is 98.7 cm³/mol. The zero-order valence-electron chi connectivity index (χ0n) is 15.4. The number of halogens is 1. The lowest BCUT2D eigenvalue weighted by Gasteiger charge is -2.59. The molecule has 0 aromatic carbocycles. The van der Waals surface area contributed by atoms with Gasteiger partial charge in [-0.3, -0.25) is 9.59 Å². The minimum atomic E-state index is -1.09. The Hall–Kier alpha value is -0.970. The molecular formula is C21H27ClO4. The summed E-state index contributed by atoms with van der Waals surface area (Å²) >= 11 is 6.83. The summed E-state index contributed by atoms with van der Waals surface area (Å²) in [7, 11) is 0. The highest BCUT2D eigenvalue weighted by Gasteiger charge is 2.67. The molecule has 5 heteroatoms. The van der Waals surface area contributed by atoms with E-state index in [2.05, 4.69) is 6.92 Å². The number of rotatable bonds is 2. The molecule has 0 saturated heterocycles. The Bertz CT molecular complexity index is 728. The van der Waals surface area contributed by atoms with Gasteiger partial charge in [-0.2, -0.15) is 0 Å². The number of Topliss-reactive ketones (excluding diaryl/α,β-unsaturated/α-hetero) is 1. The van der Waals surface area contributed by atoms with Crippen LogP contribution in [0.15, 0.2) is 23.8 Å². The zero-order valence-corrected chi connectivity index (χ0v) is 16.1. The van der Waals surface area contributed by atoms with Gasteiger partial charge < -0.3 is 10.2 Å². The maximum absolute atomic E-state index is 12.5. The van der Waals surface area contributed by atoms with Crippen molar-refractivity contribution in [3.05, 3.63) is 23.8 Å². The quantitative estimate of drug-likeness (QED) is 0.724. The second kappa shape index (κ2) is 5.76. The summed E-state index contributed by atoms with van der Waals surface area (Å²) < 4.78 is 0. The first kappa shape index (κ1) is 18.4. The Morgan fingerprint density at radius 3 is 2.77 bits per heavy atom. The molecule has 0 aliphatic heterocycles. The highest BCUT2D eigenvalue weighted by atomic mass is 35.5. The molecular weight excluding hydrogens is 352 g/mol. The fraction of sp³-hybridized carbons (Fsp3) is 0.714. The molecule has 0 spiro atoms. The number of aliphatic hydroxyl groups excluding tert-OH is 2. The van der Waals surface area contributed by atoms with Crippen molar-refractivity contribution >= 4 is 23.2 Å². The van der Waals surface area contributed by atoms with E-state index in [1.807, 2.05) is 13.0 Å². The van der Waals surface area contributed by atoms with Gasteiger partial charge in [0.25, 0.3) is 0 Å². The largest absolute Gasteiger partial charge is 0.393 e. The Kier molecular flexibility index (Phi) is 4.08. The Morgan fingerprint density at radius 1 is 1.35 bits per heavy atom. The van der Waals surface area contributed by atoms with Crippen LogP contribution < -0.4 is 0 Å². The molecule has 3 saturated carbocycles. The van der Waals surface area contributed by atoms with Crippen molar-refractivity contribution in [1.82, 2.24) is 0 Å². The Labute approximate surface area is 159 Å². The van der Waals surface area contributed by atoms with E-state index in [1.54, 1.807) is 12.2 Å². The van der Waals surface area contributed by atoms with Gasteiger partial charge in [0.15, 0.2) is 11.6 Å². The summed E-state index contributed by atoms with van der Waals surface area (Å²) in [5.74, 6) is 0.248. The maximum Gasteiger partial charge on any atom is 0.179 e. The number of carbonyl (C=O) groups is 2. The van der Waals surface area contributed by atoms with E-state index in [1.165, 1.54) is 0 Å². The first-order chi connectivity index (χ1) is 12.2. The lowest BCUT2D eigenvalue weighted by molar-refractivity contribution is -0.138. The number of aliphatic hydroxyl groups is 2. The molecule has 0 aromatic heterocycles. The summed E-state index contributed by atoms with van der Waals surface area (Å²) in [6.45, 7) is 3.61. The molecule has 2 N–H and O–H groups in total. The minimum Gasteiger partial charge on any atom is -0.393 e. The van der Waals surface area contributed by atoms with E-state index in [4.69, 9.17) is 11.6 Å². The van der Waals surface area contributed by atoms with Crippen molar-refractivity contribution < 1.29 is 19.8 Å². The van der Waals surface area contributed by atoms with Crippen LogP contribution in [0.3, 0.4) is 0 Å². The molecule has 4 rings (SSSR count). The number of hydrogen-bond donors (Lipinski definition) is 2. The van der Waals surface area contributed by atoms with Crippen LogP contribution in [0.5, 0.6) is 0 Å². The van der Waals surface area contributed by atoms with E-state index in [0.29, 0.717) is 12.8 Å². The standard InChI is InChI=1S/C21H27ClO4/c1-19-7-5-13(24)9-12(19)3-4-14-15-6-8-21(22,17(26)11-23)20(15,2)10-16(25)18(14)19/h5,7,9,14-16,18,23,25H,3-4,6,8,10-11H2,1-2H3/t14-,15-,16-,18+,19-,20-,21-/m0/s1. The molecule has 0 unspecified atom stereocenters. The number of allylic oxidation sites excluding steroid dienone is 4. The van der Waals surface area contributed by atoms with E-state index < -0.39 is 23.0 Å². The molecule has 0 radical (unpaired) electrons. The smallest absolute Gasteiger partial charge is 0.179 e. The molecule has 0 amide bonds. The van der Waals surface area contributed by atoms with Crippen molar-refractivity contribution in [2.45, 2.75) is 56.9 Å². The minimum absolute atomic E-state index is 0.0280. The van der Waals surface area contributed by atoms with Gasteiger partial charge in [0, 0.05) is 11.3 Å². The number of ketones is 2. The molecule has 0 bridgehead atoms. The topological polar surface area (TPSA) is 74.6 Å². The molecule has 4 aliphatic carbocycles. The van der Waals surface area contributed by atoms with Gasteiger partial charge in [0.1, 0.15) is 11.5 Å². The molecule has 0 heterocycles. The second-order valence-corrected chi connectivity index (χ2v) is 9.78. The Morgan fingerprint density at radius 2 is 2.08 bits per heavy atom. The number of fused-ring (bicyclic) bond motifs is 5. The van der Waals surface area contributed by atoms with Crippen molar-refractivity contribution in [3.63, 3.8) is 0 Å². The van der Waals surface area contributed by atoms with E-state index >= 15 is 0 Å². The summed E-state index contributed by atoms with van der Waals surface area (Å²) in [5.41, 5.74) is 0.298. The molecule has 26 heavy (non-hydrogen) atoms. The highest BCUT2D eigenvalue weighted by Crippen LogP contribution is 2.68. The Balaban J connectivity index is 1.75. The van der Waals surface area contributed by atoms with Crippen molar-refractivity contribution in [1.29, 1.82) is 0 Å². The average molecular weight is 379 g/mol. The van der Waals surface area contributed by atoms with Crippen molar-refractivity contribution in [3.8, 4) is 0 Å². The first-order valence-electron chi connectivity index (χ1n) is 9.63. The predicted octanol–water partition coefficient (Wildman–Crippen LogP) is 2.80.